The van der Waals surface area contributed by atoms with Crippen molar-refractivity contribution in [1.82, 2.24) is 14.8 Å². The van der Waals surface area contributed by atoms with E-state index in [1.165, 1.54) is 18.2 Å². The molecular weight excluding hydrogens is 221 g/mol. The van der Waals surface area contributed by atoms with E-state index in [1.54, 1.807) is 18.1 Å². The summed E-state index contributed by atoms with van der Waals surface area (Å²) < 4.78 is 14.5. The number of aromatic nitrogens is 3. The second kappa shape index (κ2) is 4.61. The Bertz CT molecular complexity index is 569. The number of hydrogen-bond acceptors (Lipinski definition) is 4. The molecular formula is C11H10FN5. The molecule has 2 aromatic rings. The molecule has 1 heterocycles. The van der Waals surface area contributed by atoms with Crippen molar-refractivity contribution in [2.45, 2.75) is 6.54 Å². The van der Waals surface area contributed by atoms with Crippen molar-refractivity contribution >= 4 is 5.69 Å². The molecule has 0 amide bonds. The second-order valence-corrected chi connectivity index (χ2v) is 3.49. The highest BCUT2D eigenvalue weighted by Crippen LogP contribution is 2.16. The Morgan fingerprint density at radius 3 is 3.00 bits per heavy atom. The van der Waals surface area contributed by atoms with Crippen LogP contribution in [-0.4, -0.2) is 14.8 Å². The molecule has 1 N–H and O–H groups in total. The number of aryl methyl sites for hydroxylation is 1. The third kappa shape index (κ3) is 2.58. The van der Waals surface area contributed by atoms with Gasteiger partial charge in [-0.25, -0.2) is 9.37 Å². The minimum absolute atomic E-state index is 0.265. The van der Waals surface area contributed by atoms with Crippen LogP contribution in [0.25, 0.3) is 0 Å². The van der Waals surface area contributed by atoms with Gasteiger partial charge in [0.25, 0.3) is 0 Å². The van der Waals surface area contributed by atoms with Crippen LogP contribution in [0.5, 0.6) is 0 Å². The van der Waals surface area contributed by atoms with Crippen LogP contribution in [0, 0.1) is 17.1 Å². The van der Waals surface area contributed by atoms with Gasteiger partial charge in [-0.2, -0.15) is 10.4 Å². The number of rotatable bonds is 3. The number of nitrogens with one attached hydrogen (secondary N) is 1. The lowest BCUT2D eigenvalue weighted by atomic mass is 10.2. The van der Waals surface area contributed by atoms with Gasteiger partial charge in [-0.3, -0.25) is 4.68 Å². The van der Waals surface area contributed by atoms with Gasteiger partial charge in [0, 0.05) is 7.05 Å². The lowest BCUT2D eigenvalue weighted by molar-refractivity contribution is 0.627. The Balaban J connectivity index is 2.12. The van der Waals surface area contributed by atoms with Crippen LogP contribution in [0.2, 0.25) is 0 Å². The number of nitriles is 1. The summed E-state index contributed by atoms with van der Waals surface area (Å²) in [6.07, 6.45) is 1.59. The Morgan fingerprint density at radius 2 is 2.35 bits per heavy atom. The van der Waals surface area contributed by atoms with E-state index in [9.17, 15) is 4.39 Å². The van der Waals surface area contributed by atoms with Crippen LogP contribution in [0.3, 0.4) is 0 Å². The zero-order valence-electron chi connectivity index (χ0n) is 9.18. The van der Waals surface area contributed by atoms with Gasteiger partial charge in [-0.05, 0) is 18.2 Å². The summed E-state index contributed by atoms with van der Waals surface area (Å²) >= 11 is 0. The molecule has 0 saturated heterocycles. The number of halogens is 1. The topological polar surface area (TPSA) is 66.5 Å². The smallest absolute Gasteiger partial charge is 0.169 e. The van der Waals surface area contributed by atoms with Crippen molar-refractivity contribution in [1.29, 1.82) is 5.26 Å². The minimum atomic E-state index is -0.428. The standard InChI is InChI=1S/C11H10FN5/c1-17-7-15-11(16-17)6-14-10-3-2-9(12)4-8(10)5-13/h2-4,7,14H,6H2,1H3. The number of hydrogen-bond donors (Lipinski definition) is 1. The van der Waals surface area contributed by atoms with E-state index in [4.69, 9.17) is 5.26 Å². The predicted octanol–water partition coefficient (Wildman–Crippen LogP) is 1.44. The van der Waals surface area contributed by atoms with Crippen LogP contribution in [0.4, 0.5) is 10.1 Å². The maximum Gasteiger partial charge on any atom is 0.169 e. The van der Waals surface area contributed by atoms with E-state index in [0.29, 0.717) is 18.1 Å². The molecule has 6 heteroatoms. The van der Waals surface area contributed by atoms with Crippen LogP contribution in [-0.2, 0) is 13.6 Å². The van der Waals surface area contributed by atoms with Gasteiger partial charge in [-0.15, -0.1) is 0 Å². The third-order valence-corrected chi connectivity index (χ3v) is 2.19. The highest BCUT2D eigenvalue weighted by molar-refractivity contribution is 5.57. The second-order valence-electron chi connectivity index (χ2n) is 3.49. The fourth-order valence-electron chi connectivity index (χ4n) is 1.40. The molecule has 0 aliphatic rings. The molecule has 1 aromatic heterocycles. The zero-order chi connectivity index (χ0) is 12.3. The molecule has 1 aromatic carbocycles. The average molecular weight is 231 g/mol. The molecule has 5 nitrogen and oxygen atoms in total. The van der Waals surface area contributed by atoms with Crippen molar-refractivity contribution in [3.8, 4) is 6.07 Å². The van der Waals surface area contributed by atoms with Crippen molar-refractivity contribution in [3.63, 3.8) is 0 Å². The molecule has 0 radical (unpaired) electrons. The Kier molecular flexibility index (Phi) is 3.01. The fourth-order valence-corrected chi connectivity index (χ4v) is 1.40. The zero-order valence-corrected chi connectivity index (χ0v) is 9.18. The normalized spacial score (nSPS) is 9.94. The average Bonchev–Trinajstić information content (AvgIpc) is 2.73. The van der Waals surface area contributed by atoms with Crippen molar-refractivity contribution in [2.24, 2.45) is 7.05 Å². The van der Waals surface area contributed by atoms with Crippen LogP contribution in [0.1, 0.15) is 11.4 Å². The van der Waals surface area contributed by atoms with E-state index in [2.05, 4.69) is 15.4 Å². The monoisotopic (exact) mass is 231 g/mol. The van der Waals surface area contributed by atoms with E-state index >= 15 is 0 Å². The van der Waals surface area contributed by atoms with Gasteiger partial charge < -0.3 is 5.32 Å². The van der Waals surface area contributed by atoms with E-state index < -0.39 is 5.82 Å². The van der Waals surface area contributed by atoms with Crippen molar-refractivity contribution in [2.75, 3.05) is 5.32 Å². The van der Waals surface area contributed by atoms with Gasteiger partial charge in [0.1, 0.15) is 18.2 Å². The lowest BCUT2D eigenvalue weighted by Crippen LogP contribution is -2.04. The highest BCUT2D eigenvalue weighted by Gasteiger charge is 2.04. The summed E-state index contributed by atoms with van der Waals surface area (Å²) in [4.78, 5) is 4.04. The number of anilines is 1. The van der Waals surface area contributed by atoms with Crippen molar-refractivity contribution in [3.05, 3.63) is 41.7 Å². The first-order valence-corrected chi connectivity index (χ1v) is 4.97. The maximum absolute atomic E-state index is 12.9. The summed E-state index contributed by atoms with van der Waals surface area (Å²) in [7, 11) is 1.77. The molecule has 0 atom stereocenters. The SMILES string of the molecule is Cn1cnc(CNc2ccc(F)cc2C#N)n1. The molecule has 17 heavy (non-hydrogen) atoms. The van der Waals surface area contributed by atoms with Gasteiger partial charge >= 0.3 is 0 Å². The largest absolute Gasteiger partial charge is 0.377 e. The summed E-state index contributed by atoms with van der Waals surface area (Å²) in [6.45, 7) is 0.390. The molecule has 2 rings (SSSR count). The quantitative estimate of drug-likeness (QED) is 0.867. The summed E-state index contributed by atoms with van der Waals surface area (Å²) in [5.74, 6) is 0.184. The molecule has 86 valence electrons. The molecule has 0 saturated carbocycles. The Morgan fingerprint density at radius 1 is 1.53 bits per heavy atom. The first kappa shape index (κ1) is 11.1. The molecule has 0 fully saturated rings. The van der Waals surface area contributed by atoms with Gasteiger partial charge in [-0.1, -0.05) is 0 Å². The summed E-state index contributed by atoms with van der Waals surface area (Å²) in [5.41, 5.74) is 0.835. The van der Waals surface area contributed by atoms with Gasteiger partial charge in [0.2, 0.25) is 0 Å². The first-order chi connectivity index (χ1) is 8.19. The molecule has 0 spiro atoms. The van der Waals surface area contributed by atoms with E-state index in [1.807, 2.05) is 6.07 Å². The van der Waals surface area contributed by atoms with Crippen LogP contribution < -0.4 is 5.32 Å². The highest BCUT2D eigenvalue weighted by atomic mass is 19.1. The molecule has 0 bridgehead atoms. The molecule has 0 aliphatic heterocycles. The van der Waals surface area contributed by atoms with Crippen LogP contribution >= 0.6 is 0 Å². The van der Waals surface area contributed by atoms with Crippen LogP contribution in [0.15, 0.2) is 24.5 Å². The Hall–Kier alpha value is -2.42. The molecule has 0 aliphatic carbocycles. The maximum atomic E-state index is 12.9. The minimum Gasteiger partial charge on any atom is -0.377 e. The number of nitrogens with zero attached hydrogens (tertiary/aromatic N) is 4. The Labute approximate surface area is 97.5 Å². The first-order valence-electron chi connectivity index (χ1n) is 4.97. The van der Waals surface area contributed by atoms with Crippen molar-refractivity contribution < 1.29 is 4.39 Å². The number of benzene rings is 1. The van der Waals surface area contributed by atoms with E-state index in [0.717, 1.165) is 0 Å². The third-order valence-electron chi connectivity index (χ3n) is 2.19. The van der Waals surface area contributed by atoms with Gasteiger partial charge in [0.15, 0.2) is 5.82 Å². The lowest BCUT2D eigenvalue weighted by Gasteiger charge is -2.05. The van der Waals surface area contributed by atoms with E-state index in [-0.39, 0.29) is 5.56 Å². The summed E-state index contributed by atoms with van der Waals surface area (Å²) in [5, 5.41) is 15.9. The fraction of sp³-hybridized carbons (Fsp3) is 0.182. The van der Waals surface area contributed by atoms with Gasteiger partial charge in [0.05, 0.1) is 17.8 Å². The predicted molar refractivity (Wildman–Crippen MR) is 59.4 cm³/mol. The molecule has 0 unspecified atom stereocenters. The summed E-state index contributed by atoms with van der Waals surface area (Å²) in [6, 6.07) is 5.94.